The van der Waals surface area contributed by atoms with E-state index in [-0.39, 0.29) is 12.5 Å². The molecule has 1 aliphatic rings. The Morgan fingerprint density at radius 3 is 2.21 bits per heavy atom. The van der Waals surface area contributed by atoms with Crippen LogP contribution in [0.3, 0.4) is 0 Å². The maximum atomic E-state index is 12.6. The van der Waals surface area contributed by atoms with Crippen LogP contribution in [0.5, 0.6) is 0 Å². The van der Waals surface area contributed by atoms with Gasteiger partial charge in [-0.1, -0.05) is 42.5 Å². The van der Waals surface area contributed by atoms with E-state index in [0.717, 1.165) is 30.2 Å². The minimum Gasteiger partial charge on any atom is -0.325 e. The molecule has 0 atom stereocenters. The molecule has 5 nitrogen and oxygen atoms in total. The zero-order chi connectivity index (χ0) is 17.2. The van der Waals surface area contributed by atoms with Crippen molar-refractivity contribution in [3.63, 3.8) is 0 Å². The van der Waals surface area contributed by atoms with Gasteiger partial charge in [0.25, 0.3) is 0 Å². The van der Waals surface area contributed by atoms with E-state index in [2.05, 4.69) is 10.0 Å². The van der Waals surface area contributed by atoms with Crippen LogP contribution >= 0.6 is 0 Å². The Morgan fingerprint density at radius 1 is 1.04 bits per heavy atom. The van der Waals surface area contributed by atoms with Gasteiger partial charge in [0.15, 0.2) is 0 Å². The molecule has 2 N–H and O–H groups in total. The van der Waals surface area contributed by atoms with E-state index in [9.17, 15) is 13.2 Å². The number of carbonyl (C=O) groups excluding carboxylic acids is 1. The fraction of sp³-hybridized carbons (Fsp3) is 0.278. The smallest absolute Gasteiger partial charge is 0.235 e. The third-order valence-electron chi connectivity index (χ3n) is 4.26. The van der Waals surface area contributed by atoms with Gasteiger partial charge < -0.3 is 5.32 Å². The first-order valence-electron chi connectivity index (χ1n) is 7.80. The molecule has 0 aliphatic heterocycles. The first kappa shape index (κ1) is 16.7. The van der Waals surface area contributed by atoms with Crippen LogP contribution in [-0.4, -0.2) is 20.6 Å². The molecule has 0 bridgehead atoms. The Balaban J connectivity index is 1.65. The monoisotopic (exact) mass is 344 g/mol. The molecule has 0 unspecified atom stereocenters. The van der Waals surface area contributed by atoms with E-state index in [0.29, 0.717) is 5.69 Å². The molecule has 3 rings (SSSR count). The molecule has 0 radical (unpaired) electrons. The van der Waals surface area contributed by atoms with Crippen LogP contribution in [0.25, 0.3) is 0 Å². The summed E-state index contributed by atoms with van der Waals surface area (Å²) in [4.78, 5) is 12.6. The van der Waals surface area contributed by atoms with Gasteiger partial charge in [-0.2, -0.15) is 0 Å². The first-order valence-corrected chi connectivity index (χ1v) is 9.69. The number of sulfonamides is 1. The molecule has 0 heterocycles. The summed E-state index contributed by atoms with van der Waals surface area (Å²) in [7, 11) is -3.21. The van der Waals surface area contributed by atoms with Crippen molar-refractivity contribution < 1.29 is 13.2 Å². The number of anilines is 1. The Kier molecular flexibility index (Phi) is 4.43. The highest BCUT2D eigenvalue weighted by Crippen LogP contribution is 2.48. The van der Waals surface area contributed by atoms with Gasteiger partial charge in [-0.3, -0.25) is 4.79 Å². The number of hydrogen-bond donors (Lipinski definition) is 2. The lowest BCUT2D eigenvalue weighted by atomic mass is 9.95. The number of benzene rings is 2. The maximum absolute atomic E-state index is 12.6. The van der Waals surface area contributed by atoms with Crippen molar-refractivity contribution >= 4 is 21.6 Å². The van der Waals surface area contributed by atoms with Crippen LogP contribution in [0.15, 0.2) is 54.6 Å². The summed E-state index contributed by atoms with van der Waals surface area (Å²) in [6, 6.07) is 17.0. The van der Waals surface area contributed by atoms with Crippen LogP contribution in [0.1, 0.15) is 24.0 Å². The fourth-order valence-corrected chi connectivity index (χ4v) is 3.13. The Labute approximate surface area is 142 Å². The molecular formula is C18H20N2O3S. The Morgan fingerprint density at radius 2 is 1.67 bits per heavy atom. The number of nitrogens with one attached hydrogen (secondary N) is 2. The summed E-state index contributed by atoms with van der Waals surface area (Å²) in [5.74, 6) is 0.00992. The van der Waals surface area contributed by atoms with E-state index >= 15 is 0 Å². The average Bonchev–Trinajstić information content (AvgIpc) is 3.36. The molecule has 2 aromatic carbocycles. The number of amides is 1. The highest BCUT2D eigenvalue weighted by atomic mass is 32.2. The molecule has 1 amide bonds. The summed E-state index contributed by atoms with van der Waals surface area (Å²) < 4.78 is 24.6. The summed E-state index contributed by atoms with van der Waals surface area (Å²) in [5, 5.41) is 2.97. The Hall–Kier alpha value is -2.18. The standard InChI is InChI=1S/C18H20N2O3S/c1-24(22,23)19-13-14-7-9-16(10-8-14)20-17(21)18(11-12-18)15-5-3-2-4-6-15/h2-10,19H,11-13H2,1H3,(H,20,21). The largest absolute Gasteiger partial charge is 0.325 e. The summed E-state index contributed by atoms with van der Waals surface area (Å²) in [6.07, 6.45) is 2.85. The minimum atomic E-state index is -3.21. The zero-order valence-electron chi connectivity index (χ0n) is 13.5. The Bertz CT molecular complexity index is 826. The average molecular weight is 344 g/mol. The van der Waals surface area contributed by atoms with Crippen molar-refractivity contribution in [2.75, 3.05) is 11.6 Å². The second-order valence-corrected chi connectivity index (χ2v) is 8.03. The van der Waals surface area contributed by atoms with Crippen molar-refractivity contribution in [2.45, 2.75) is 24.8 Å². The van der Waals surface area contributed by atoms with Crippen molar-refractivity contribution in [2.24, 2.45) is 0 Å². The molecule has 1 saturated carbocycles. The molecule has 0 aromatic heterocycles. The fourth-order valence-electron chi connectivity index (χ4n) is 2.70. The van der Waals surface area contributed by atoms with Crippen molar-refractivity contribution in [1.82, 2.24) is 4.72 Å². The van der Waals surface area contributed by atoms with Crippen LogP contribution in [0.2, 0.25) is 0 Å². The summed E-state index contributed by atoms with van der Waals surface area (Å²) in [6.45, 7) is 0.237. The predicted octanol–water partition coefficient (Wildman–Crippen LogP) is 2.41. The lowest BCUT2D eigenvalue weighted by Gasteiger charge is -2.16. The topological polar surface area (TPSA) is 75.3 Å². The summed E-state index contributed by atoms with van der Waals surface area (Å²) in [5.41, 5.74) is 2.20. The number of hydrogen-bond acceptors (Lipinski definition) is 3. The molecule has 2 aromatic rings. The van der Waals surface area contributed by atoms with E-state index in [1.165, 1.54) is 0 Å². The normalized spacial score (nSPS) is 15.7. The SMILES string of the molecule is CS(=O)(=O)NCc1ccc(NC(=O)C2(c3ccccc3)CC2)cc1. The summed E-state index contributed by atoms with van der Waals surface area (Å²) >= 11 is 0. The molecule has 1 fully saturated rings. The zero-order valence-corrected chi connectivity index (χ0v) is 14.3. The molecule has 0 spiro atoms. The highest BCUT2D eigenvalue weighted by Gasteiger charge is 2.51. The molecule has 24 heavy (non-hydrogen) atoms. The lowest BCUT2D eigenvalue weighted by Crippen LogP contribution is -2.27. The van der Waals surface area contributed by atoms with Gasteiger partial charge in [0.2, 0.25) is 15.9 Å². The molecular weight excluding hydrogens is 324 g/mol. The van der Waals surface area contributed by atoms with Crippen LogP contribution in [-0.2, 0) is 26.8 Å². The minimum absolute atomic E-state index is 0.00992. The van der Waals surface area contributed by atoms with Crippen LogP contribution in [0.4, 0.5) is 5.69 Å². The van der Waals surface area contributed by atoms with E-state index < -0.39 is 15.4 Å². The van der Waals surface area contributed by atoms with Gasteiger partial charge in [0.05, 0.1) is 11.7 Å². The van der Waals surface area contributed by atoms with Crippen molar-refractivity contribution in [1.29, 1.82) is 0 Å². The molecule has 0 saturated heterocycles. The lowest BCUT2D eigenvalue weighted by molar-refractivity contribution is -0.118. The second kappa shape index (κ2) is 6.37. The van der Waals surface area contributed by atoms with E-state index in [1.807, 2.05) is 30.3 Å². The van der Waals surface area contributed by atoms with Gasteiger partial charge in [-0.25, -0.2) is 13.1 Å². The van der Waals surface area contributed by atoms with Crippen molar-refractivity contribution in [3.05, 3.63) is 65.7 Å². The van der Waals surface area contributed by atoms with Crippen LogP contribution in [0, 0.1) is 0 Å². The van der Waals surface area contributed by atoms with Crippen LogP contribution < -0.4 is 10.0 Å². The third-order valence-corrected chi connectivity index (χ3v) is 4.93. The second-order valence-electron chi connectivity index (χ2n) is 6.19. The quantitative estimate of drug-likeness (QED) is 0.845. The van der Waals surface area contributed by atoms with Crippen molar-refractivity contribution in [3.8, 4) is 0 Å². The van der Waals surface area contributed by atoms with Gasteiger partial charge in [-0.15, -0.1) is 0 Å². The van der Waals surface area contributed by atoms with E-state index in [1.54, 1.807) is 24.3 Å². The number of carbonyl (C=O) groups is 1. The van der Waals surface area contributed by atoms with Gasteiger partial charge in [0.1, 0.15) is 0 Å². The first-order chi connectivity index (χ1) is 11.4. The van der Waals surface area contributed by atoms with Gasteiger partial charge >= 0.3 is 0 Å². The highest BCUT2D eigenvalue weighted by molar-refractivity contribution is 7.88. The molecule has 1 aliphatic carbocycles. The molecule has 6 heteroatoms. The number of rotatable bonds is 6. The third kappa shape index (κ3) is 3.83. The maximum Gasteiger partial charge on any atom is 0.235 e. The predicted molar refractivity (Wildman–Crippen MR) is 94.1 cm³/mol. The van der Waals surface area contributed by atoms with E-state index in [4.69, 9.17) is 0 Å². The molecule has 126 valence electrons. The van der Waals surface area contributed by atoms with Gasteiger partial charge in [0, 0.05) is 12.2 Å². The van der Waals surface area contributed by atoms with Gasteiger partial charge in [-0.05, 0) is 36.1 Å².